The number of aryl methyl sites for hydroxylation is 1. The normalized spacial score (nSPS) is 11.4. The molecule has 2 N–H and O–H groups in total. The topological polar surface area (TPSA) is 78.1 Å². The van der Waals surface area contributed by atoms with E-state index in [1.807, 2.05) is 0 Å². The van der Waals surface area contributed by atoms with E-state index in [-0.39, 0.29) is 17.1 Å². The van der Waals surface area contributed by atoms with Crippen LogP contribution >= 0.6 is 0 Å². The Labute approximate surface area is 94.8 Å². The van der Waals surface area contributed by atoms with E-state index >= 15 is 0 Å². The van der Waals surface area contributed by atoms with Crippen molar-refractivity contribution in [2.24, 2.45) is 0 Å². The van der Waals surface area contributed by atoms with Gasteiger partial charge >= 0.3 is 12.1 Å². The number of esters is 1. The van der Waals surface area contributed by atoms with Crippen molar-refractivity contribution >= 4 is 11.8 Å². The molecule has 0 spiro atoms. The molecule has 17 heavy (non-hydrogen) atoms. The molecule has 1 aromatic rings. The third-order valence-corrected chi connectivity index (χ3v) is 1.91. The van der Waals surface area contributed by atoms with Gasteiger partial charge in [-0.1, -0.05) is 0 Å². The van der Waals surface area contributed by atoms with Crippen LogP contribution in [0, 0.1) is 6.92 Å². The van der Waals surface area contributed by atoms with Crippen molar-refractivity contribution in [1.29, 1.82) is 0 Å². The van der Waals surface area contributed by atoms with Crippen LogP contribution < -0.4 is 5.73 Å². The largest absolute Gasteiger partial charge is 0.465 e. The van der Waals surface area contributed by atoms with Gasteiger partial charge in [0, 0.05) is 0 Å². The number of aromatic nitrogens is 2. The van der Waals surface area contributed by atoms with Gasteiger partial charge in [0.2, 0.25) is 0 Å². The first-order chi connectivity index (χ1) is 7.74. The maximum atomic E-state index is 12.1. The standard InChI is InChI=1S/C9H10F3N3O2/c1-4-6(8(16)17-2)7(13)15-5(14-4)3-9(10,11)12/h3H2,1-2H3,(H2,13,14,15). The van der Waals surface area contributed by atoms with Crippen LogP contribution in [0.15, 0.2) is 0 Å². The number of hydrogen-bond acceptors (Lipinski definition) is 5. The molecule has 0 radical (unpaired) electrons. The number of carbonyl (C=O) groups is 1. The molecule has 0 amide bonds. The van der Waals surface area contributed by atoms with Gasteiger partial charge in [0.15, 0.2) is 0 Å². The number of ether oxygens (including phenoxy) is 1. The number of anilines is 1. The summed E-state index contributed by atoms with van der Waals surface area (Å²) in [4.78, 5) is 18.3. The summed E-state index contributed by atoms with van der Waals surface area (Å²) in [6.45, 7) is 1.37. The highest BCUT2D eigenvalue weighted by Crippen LogP contribution is 2.21. The fourth-order valence-corrected chi connectivity index (χ4v) is 1.27. The lowest BCUT2D eigenvalue weighted by Gasteiger charge is -2.10. The fourth-order valence-electron chi connectivity index (χ4n) is 1.27. The van der Waals surface area contributed by atoms with Crippen molar-refractivity contribution in [1.82, 2.24) is 9.97 Å². The van der Waals surface area contributed by atoms with Gasteiger partial charge in [-0.05, 0) is 6.92 Å². The number of halogens is 3. The van der Waals surface area contributed by atoms with E-state index in [0.717, 1.165) is 7.11 Å². The Morgan fingerprint density at radius 2 is 2.00 bits per heavy atom. The lowest BCUT2D eigenvalue weighted by atomic mass is 10.2. The number of methoxy groups -OCH3 is 1. The van der Waals surface area contributed by atoms with E-state index in [2.05, 4.69) is 14.7 Å². The molecule has 0 aliphatic carbocycles. The van der Waals surface area contributed by atoms with Crippen molar-refractivity contribution in [2.45, 2.75) is 19.5 Å². The Kier molecular flexibility index (Phi) is 3.54. The van der Waals surface area contributed by atoms with Crippen LogP contribution in [0.3, 0.4) is 0 Å². The zero-order valence-electron chi connectivity index (χ0n) is 9.13. The molecule has 0 bridgehead atoms. The number of hydrogen-bond donors (Lipinski definition) is 1. The Hall–Kier alpha value is -1.86. The molecule has 0 fully saturated rings. The van der Waals surface area contributed by atoms with Crippen molar-refractivity contribution in [3.63, 3.8) is 0 Å². The predicted molar refractivity (Wildman–Crippen MR) is 52.3 cm³/mol. The fraction of sp³-hybridized carbons (Fsp3) is 0.444. The lowest BCUT2D eigenvalue weighted by Crippen LogP contribution is -2.18. The van der Waals surface area contributed by atoms with Crippen molar-refractivity contribution in [2.75, 3.05) is 12.8 Å². The Morgan fingerprint density at radius 1 is 1.41 bits per heavy atom. The number of carbonyl (C=O) groups excluding carboxylic acids is 1. The van der Waals surface area contributed by atoms with Crippen molar-refractivity contribution < 1.29 is 22.7 Å². The molecule has 0 aromatic carbocycles. The first-order valence-corrected chi connectivity index (χ1v) is 4.52. The molecule has 1 heterocycles. The second kappa shape index (κ2) is 4.56. The monoisotopic (exact) mass is 249 g/mol. The second-order valence-corrected chi connectivity index (χ2v) is 3.27. The maximum absolute atomic E-state index is 12.1. The molecule has 0 saturated carbocycles. The average Bonchev–Trinajstić information content (AvgIpc) is 2.13. The van der Waals surface area contributed by atoms with Crippen LogP contribution in [0.4, 0.5) is 19.0 Å². The smallest absolute Gasteiger partial charge is 0.396 e. The van der Waals surface area contributed by atoms with Crippen LogP contribution in [0.5, 0.6) is 0 Å². The molecule has 0 saturated heterocycles. The third-order valence-electron chi connectivity index (χ3n) is 1.91. The van der Waals surface area contributed by atoms with Gasteiger partial charge < -0.3 is 10.5 Å². The van der Waals surface area contributed by atoms with Crippen LogP contribution in [-0.4, -0.2) is 29.2 Å². The first kappa shape index (κ1) is 13.2. The number of rotatable bonds is 2. The van der Waals surface area contributed by atoms with Crippen LogP contribution in [0.25, 0.3) is 0 Å². The Bertz CT molecular complexity index is 423. The van der Waals surface area contributed by atoms with Gasteiger partial charge in [0.25, 0.3) is 0 Å². The molecule has 0 atom stereocenters. The molecule has 0 aliphatic rings. The number of nitrogens with zero attached hydrogens (tertiary/aromatic N) is 2. The van der Waals surface area contributed by atoms with Gasteiger partial charge in [0.1, 0.15) is 23.6 Å². The zero-order valence-corrected chi connectivity index (χ0v) is 9.13. The highest BCUT2D eigenvalue weighted by atomic mass is 19.4. The van der Waals surface area contributed by atoms with Gasteiger partial charge in [-0.2, -0.15) is 13.2 Å². The molecule has 1 aromatic heterocycles. The van der Waals surface area contributed by atoms with Crippen LogP contribution in [0.2, 0.25) is 0 Å². The maximum Gasteiger partial charge on any atom is 0.396 e. The lowest BCUT2D eigenvalue weighted by molar-refractivity contribution is -0.128. The van der Waals surface area contributed by atoms with E-state index < -0.39 is 24.4 Å². The molecule has 0 unspecified atom stereocenters. The minimum Gasteiger partial charge on any atom is -0.465 e. The van der Waals surface area contributed by atoms with Gasteiger partial charge in [0.05, 0.1) is 12.8 Å². The summed E-state index contributed by atoms with van der Waals surface area (Å²) in [5, 5.41) is 0. The quantitative estimate of drug-likeness (QED) is 0.798. The van der Waals surface area contributed by atoms with Gasteiger partial charge in [-0.3, -0.25) is 0 Å². The van der Waals surface area contributed by atoms with Gasteiger partial charge in [-0.15, -0.1) is 0 Å². The van der Waals surface area contributed by atoms with Crippen molar-refractivity contribution in [3.05, 3.63) is 17.1 Å². The molecule has 0 aliphatic heterocycles. The van der Waals surface area contributed by atoms with Crippen LogP contribution in [-0.2, 0) is 11.2 Å². The first-order valence-electron chi connectivity index (χ1n) is 4.52. The van der Waals surface area contributed by atoms with E-state index in [0.29, 0.717) is 0 Å². The molecule has 5 nitrogen and oxygen atoms in total. The molecule has 94 valence electrons. The minimum atomic E-state index is -4.42. The average molecular weight is 249 g/mol. The van der Waals surface area contributed by atoms with E-state index in [4.69, 9.17) is 5.73 Å². The second-order valence-electron chi connectivity index (χ2n) is 3.27. The summed E-state index contributed by atoms with van der Waals surface area (Å²) >= 11 is 0. The number of nitrogens with two attached hydrogens (primary N) is 1. The summed E-state index contributed by atoms with van der Waals surface area (Å²) in [7, 11) is 1.13. The van der Waals surface area contributed by atoms with E-state index in [1.54, 1.807) is 0 Å². The van der Waals surface area contributed by atoms with Crippen LogP contribution in [0.1, 0.15) is 21.9 Å². The highest BCUT2D eigenvalue weighted by molar-refractivity contribution is 5.95. The zero-order chi connectivity index (χ0) is 13.2. The van der Waals surface area contributed by atoms with Crippen molar-refractivity contribution in [3.8, 4) is 0 Å². The van der Waals surface area contributed by atoms with Gasteiger partial charge in [-0.25, -0.2) is 14.8 Å². The third kappa shape index (κ3) is 3.30. The van der Waals surface area contributed by atoms with E-state index in [1.165, 1.54) is 6.92 Å². The minimum absolute atomic E-state index is 0.0589. The summed E-state index contributed by atoms with van der Waals surface area (Å²) in [5.41, 5.74) is 5.34. The summed E-state index contributed by atoms with van der Waals surface area (Å²) < 4.78 is 40.8. The van der Waals surface area contributed by atoms with E-state index in [9.17, 15) is 18.0 Å². The Morgan fingerprint density at radius 3 is 2.41 bits per heavy atom. The highest BCUT2D eigenvalue weighted by Gasteiger charge is 2.30. The number of alkyl halides is 3. The molecule has 1 rings (SSSR count). The summed E-state index contributed by atoms with van der Waals surface area (Å²) in [6, 6.07) is 0. The summed E-state index contributed by atoms with van der Waals surface area (Å²) in [5.74, 6) is -1.57. The molecular weight excluding hydrogens is 239 g/mol. The predicted octanol–water partition coefficient (Wildman–Crippen LogP) is 1.26. The molecular formula is C9H10F3N3O2. The Balaban J connectivity index is 3.14. The SMILES string of the molecule is COC(=O)c1c(C)nc(CC(F)(F)F)nc1N. The summed E-state index contributed by atoms with van der Waals surface area (Å²) in [6.07, 6.45) is -5.72. The number of nitrogen functional groups attached to an aromatic ring is 1. The molecule has 8 heteroatoms.